The number of halogens is 2. The lowest BCUT2D eigenvalue weighted by molar-refractivity contribution is 0.0888. The third-order valence-corrected chi connectivity index (χ3v) is 5.11. The van der Waals surface area contributed by atoms with Gasteiger partial charge in [-0.3, -0.25) is 4.79 Å². The van der Waals surface area contributed by atoms with Crippen molar-refractivity contribution in [3.05, 3.63) is 28.2 Å². The van der Waals surface area contributed by atoms with E-state index in [0.29, 0.717) is 22.6 Å². The molecule has 5 nitrogen and oxygen atoms in total. The molecule has 8 heteroatoms. The first-order valence-electron chi connectivity index (χ1n) is 6.77. The lowest BCUT2D eigenvalue weighted by Gasteiger charge is -2.28. The monoisotopic (exact) mass is 361 g/mol. The molecule has 0 aromatic carbocycles. The Balaban J connectivity index is 0.00000176. The number of thiophene rings is 1. The van der Waals surface area contributed by atoms with Gasteiger partial charge in [-0.2, -0.15) is 0 Å². The number of nitrogens with two attached hydrogens (primary N) is 1. The van der Waals surface area contributed by atoms with Gasteiger partial charge in [-0.25, -0.2) is 0 Å². The molecule has 0 aliphatic heterocycles. The largest absolute Gasteiger partial charge is 0.355 e. The van der Waals surface area contributed by atoms with Crippen LogP contribution in [0, 0.1) is 5.92 Å². The average molecular weight is 362 g/mol. The summed E-state index contributed by atoms with van der Waals surface area (Å²) in [5, 5.41) is 6.82. The summed E-state index contributed by atoms with van der Waals surface area (Å²) in [7, 11) is 0. The maximum Gasteiger partial charge on any atom is 0.273 e. The molecular formula is C14H17Cl2N3O2S. The molecule has 3 N–H and O–H groups in total. The van der Waals surface area contributed by atoms with E-state index in [-0.39, 0.29) is 29.5 Å². The van der Waals surface area contributed by atoms with Gasteiger partial charge in [0.1, 0.15) is 0 Å². The molecule has 1 aliphatic rings. The second kappa shape index (κ2) is 6.58. The highest BCUT2D eigenvalue weighted by molar-refractivity contribution is 7.19. The second-order valence-electron chi connectivity index (χ2n) is 5.53. The Morgan fingerprint density at radius 3 is 2.86 bits per heavy atom. The Morgan fingerprint density at radius 1 is 1.59 bits per heavy atom. The molecule has 120 valence electrons. The van der Waals surface area contributed by atoms with Crippen LogP contribution in [0.15, 0.2) is 22.7 Å². The van der Waals surface area contributed by atoms with Gasteiger partial charge in [-0.05, 0) is 37.8 Å². The van der Waals surface area contributed by atoms with Crippen LogP contribution < -0.4 is 11.1 Å². The minimum absolute atomic E-state index is 0. The van der Waals surface area contributed by atoms with Crippen LogP contribution in [0.3, 0.4) is 0 Å². The van der Waals surface area contributed by atoms with E-state index in [2.05, 4.69) is 10.5 Å². The van der Waals surface area contributed by atoms with Gasteiger partial charge in [0.15, 0.2) is 11.5 Å². The van der Waals surface area contributed by atoms with E-state index < -0.39 is 0 Å². The number of rotatable bonds is 5. The number of carbonyl (C=O) groups is 1. The normalized spacial score (nSPS) is 16.7. The fourth-order valence-corrected chi connectivity index (χ4v) is 3.30. The van der Waals surface area contributed by atoms with E-state index in [9.17, 15) is 4.79 Å². The standard InChI is InChI=1S/C14H16ClN3O2S.ClH/c1-14(7-16,8-2-3-8)17-13(19)9-6-10(20-18-9)11-4-5-12(15)21-11;/h4-6,8H,2-3,7,16H2,1H3,(H,17,19);1H. The summed E-state index contributed by atoms with van der Waals surface area (Å²) in [6.45, 7) is 2.39. The molecule has 1 atom stereocenters. The molecule has 1 fully saturated rings. The fraction of sp³-hybridized carbons (Fsp3) is 0.429. The van der Waals surface area contributed by atoms with E-state index in [4.69, 9.17) is 21.9 Å². The van der Waals surface area contributed by atoms with E-state index in [1.54, 1.807) is 12.1 Å². The van der Waals surface area contributed by atoms with Gasteiger partial charge >= 0.3 is 0 Å². The molecule has 22 heavy (non-hydrogen) atoms. The minimum atomic E-state index is -0.373. The molecular weight excluding hydrogens is 345 g/mol. The molecule has 2 heterocycles. The molecule has 1 aliphatic carbocycles. The molecule has 0 bridgehead atoms. The zero-order chi connectivity index (χ0) is 15.0. The lowest BCUT2D eigenvalue weighted by Crippen LogP contribution is -2.53. The van der Waals surface area contributed by atoms with Gasteiger partial charge in [0, 0.05) is 12.6 Å². The van der Waals surface area contributed by atoms with Crippen molar-refractivity contribution in [2.75, 3.05) is 6.54 Å². The summed E-state index contributed by atoms with van der Waals surface area (Å²) in [4.78, 5) is 13.1. The van der Waals surface area contributed by atoms with Gasteiger partial charge < -0.3 is 15.6 Å². The Bertz CT molecular complexity index is 669. The maximum absolute atomic E-state index is 12.3. The van der Waals surface area contributed by atoms with Gasteiger partial charge in [0.25, 0.3) is 5.91 Å². The van der Waals surface area contributed by atoms with Crippen LogP contribution in [0.25, 0.3) is 10.6 Å². The molecule has 0 spiro atoms. The Hall–Kier alpha value is -1.08. The third kappa shape index (κ3) is 3.46. The van der Waals surface area contributed by atoms with Gasteiger partial charge in [0.2, 0.25) is 0 Å². The smallest absolute Gasteiger partial charge is 0.273 e. The third-order valence-electron chi connectivity index (χ3n) is 3.86. The molecule has 1 amide bonds. The molecule has 2 aromatic heterocycles. The van der Waals surface area contributed by atoms with Crippen molar-refractivity contribution in [3.63, 3.8) is 0 Å². The van der Waals surface area contributed by atoms with Crippen LogP contribution in [0.4, 0.5) is 0 Å². The van der Waals surface area contributed by atoms with Crippen molar-refractivity contribution < 1.29 is 9.32 Å². The van der Waals surface area contributed by atoms with Crippen molar-refractivity contribution in [3.8, 4) is 10.6 Å². The number of aromatic nitrogens is 1. The molecule has 1 saturated carbocycles. The highest BCUT2D eigenvalue weighted by atomic mass is 35.5. The van der Waals surface area contributed by atoms with E-state index in [1.807, 2.05) is 13.0 Å². The Morgan fingerprint density at radius 2 is 2.32 bits per heavy atom. The number of nitrogens with one attached hydrogen (secondary N) is 1. The van der Waals surface area contributed by atoms with E-state index >= 15 is 0 Å². The second-order valence-corrected chi connectivity index (χ2v) is 7.25. The van der Waals surface area contributed by atoms with Crippen molar-refractivity contribution in [2.45, 2.75) is 25.3 Å². The minimum Gasteiger partial charge on any atom is -0.355 e. The Kier molecular flexibility index (Phi) is 5.17. The molecule has 1 unspecified atom stereocenters. The average Bonchev–Trinajstić information content (AvgIpc) is 3.05. The Labute approximate surface area is 143 Å². The van der Waals surface area contributed by atoms with Crippen LogP contribution >= 0.6 is 35.3 Å². The van der Waals surface area contributed by atoms with Crippen molar-refractivity contribution >= 4 is 41.3 Å². The van der Waals surface area contributed by atoms with Gasteiger partial charge in [-0.1, -0.05) is 16.8 Å². The summed E-state index contributed by atoms with van der Waals surface area (Å²) in [5.41, 5.74) is 5.69. The van der Waals surface area contributed by atoms with Crippen LogP contribution in [0.2, 0.25) is 4.34 Å². The number of nitrogens with zero attached hydrogens (tertiary/aromatic N) is 1. The van der Waals surface area contributed by atoms with Gasteiger partial charge in [-0.15, -0.1) is 23.7 Å². The molecule has 0 saturated heterocycles. The molecule has 3 rings (SSSR count). The van der Waals surface area contributed by atoms with Crippen molar-refractivity contribution in [1.82, 2.24) is 10.5 Å². The van der Waals surface area contributed by atoms with Crippen LogP contribution in [0.1, 0.15) is 30.3 Å². The quantitative estimate of drug-likeness (QED) is 0.855. The van der Waals surface area contributed by atoms with Gasteiger partial charge in [0.05, 0.1) is 14.8 Å². The summed E-state index contributed by atoms with van der Waals surface area (Å²) < 4.78 is 5.88. The topological polar surface area (TPSA) is 81.1 Å². The van der Waals surface area contributed by atoms with Crippen LogP contribution in [-0.4, -0.2) is 23.1 Å². The zero-order valence-electron chi connectivity index (χ0n) is 12.0. The highest BCUT2D eigenvalue weighted by Crippen LogP contribution is 2.39. The van der Waals surface area contributed by atoms with Crippen LogP contribution in [0.5, 0.6) is 0 Å². The highest BCUT2D eigenvalue weighted by Gasteiger charge is 2.42. The number of amides is 1. The summed E-state index contributed by atoms with van der Waals surface area (Å²) in [6.07, 6.45) is 2.21. The lowest BCUT2D eigenvalue weighted by atomic mass is 9.96. The SMILES string of the molecule is CC(CN)(NC(=O)c1cc(-c2ccc(Cl)s2)on1)C1CC1.Cl. The summed E-state index contributed by atoms with van der Waals surface area (Å²) >= 11 is 7.27. The number of hydrogen-bond acceptors (Lipinski definition) is 5. The summed E-state index contributed by atoms with van der Waals surface area (Å²) in [5.74, 6) is 0.736. The number of carbonyl (C=O) groups excluding carboxylic acids is 1. The predicted octanol–water partition coefficient (Wildman–Crippen LogP) is 3.34. The molecule has 0 radical (unpaired) electrons. The zero-order valence-corrected chi connectivity index (χ0v) is 14.4. The van der Waals surface area contributed by atoms with Crippen molar-refractivity contribution in [1.29, 1.82) is 0 Å². The number of hydrogen-bond donors (Lipinski definition) is 2. The first-order valence-corrected chi connectivity index (χ1v) is 7.96. The van der Waals surface area contributed by atoms with Crippen molar-refractivity contribution in [2.24, 2.45) is 11.7 Å². The van der Waals surface area contributed by atoms with E-state index in [1.165, 1.54) is 11.3 Å². The van der Waals surface area contributed by atoms with Crippen LogP contribution in [-0.2, 0) is 0 Å². The predicted molar refractivity (Wildman–Crippen MR) is 89.7 cm³/mol. The molecule has 2 aromatic rings. The maximum atomic E-state index is 12.3. The fourth-order valence-electron chi connectivity index (χ4n) is 2.31. The first kappa shape index (κ1) is 17.3. The first-order chi connectivity index (χ1) is 10.0. The summed E-state index contributed by atoms with van der Waals surface area (Å²) in [6, 6.07) is 5.24. The van der Waals surface area contributed by atoms with E-state index in [0.717, 1.165) is 17.7 Å².